The summed E-state index contributed by atoms with van der Waals surface area (Å²) >= 11 is 0. The summed E-state index contributed by atoms with van der Waals surface area (Å²) in [4.78, 5) is 11.3. The molecule has 0 heterocycles. The van der Waals surface area contributed by atoms with Gasteiger partial charge in [0, 0.05) is 5.92 Å². The molecular formula is C13H15FO2. The van der Waals surface area contributed by atoms with Crippen LogP contribution in [0.2, 0.25) is 0 Å². The van der Waals surface area contributed by atoms with Crippen LogP contribution in [-0.2, 0) is 9.53 Å². The number of ether oxygens (including phenoxy) is 1. The average Bonchev–Trinajstić information content (AvgIpc) is 2.27. The van der Waals surface area contributed by atoms with Gasteiger partial charge in [0.25, 0.3) is 0 Å². The van der Waals surface area contributed by atoms with E-state index in [4.69, 9.17) is 4.74 Å². The first-order valence-corrected chi connectivity index (χ1v) is 5.21. The summed E-state index contributed by atoms with van der Waals surface area (Å²) in [6, 6.07) is 6.05. The van der Waals surface area contributed by atoms with Crippen LogP contribution in [-0.4, -0.2) is 12.6 Å². The van der Waals surface area contributed by atoms with E-state index in [1.165, 1.54) is 12.1 Å². The Morgan fingerprint density at radius 2 is 2.12 bits per heavy atom. The zero-order valence-corrected chi connectivity index (χ0v) is 9.28. The third kappa shape index (κ3) is 3.50. The minimum absolute atomic E-state index is 0.125. The molecule has 1 atom stereocenters. The molecule has 0 N–H and O–H groups in total. The zero-order valence-electron chi connectivity index (χ0n) is 9.28. The highest BCUT2D eigenvalue weighted by Gasteiger charge is 2.13. The van der Waals surface area contributed by atoms with Crippen LogP contribution in [0, 0.1) is 5.82 Å². The van der Waals surface area contributed by atoms with Crippen LogP contribution in [0.3, 0.4) is 0 Å². The molecule has 0 unspecified atom stereocenters. The van der Waals surface area contributed by atoms with Crippen LogP contribution >= 0.6 is 0 Å². The van der Waals surface area contributed by atoms with Crippen LogP contribution in [0.25, 0.3) is 0 Å². The molecule has 0 saturated heterocycles. The number of carbonyl (C=O) groups excluding carboxylic acids is 1. The Morgan fingerprint density at radius 1 is 1.50 bits per heavy atom. The number of hydrogen-bond donors (Lipinski definition) is 0. The first-order valence-electron chi connectivity index (χ1n) is 5.21. The van der Waals surface area contributed by atoms with Crippen molar-refractivity contribution < 1.29 is 13.9 Å². The Hall–Kier alpha value is -1.64. The molecule has 1 aromatic carbocycles. The predicted octanol–water partition coefficient (Wildman–Crippen LogP) is 3.05. The van der Waals surface area contributed by atoms with Gasteiger partial charge in [-0.3, -0.25) is 4.79 Å². The Balaban J connectivity index is 2.71. The van der Waals surface area contributed by atoms with Gasteiger partial charge in [0.1, 0.15) is 5.82 Å². The average molecular weight is 222 g/mol. The Morgan fingerprint density at radius 3 is 2.62 bits per heavy atom. The van der Waals surface area contributed by atoms with Gasteiger partial charge in [-0.1, -0.05) is 18.2 Å². The van der Waals surface area contributed by atoms with E-state index in [0.717, 1.165) is 5.56 Å². The van der Waals surface area contributed by atoms with Gasteiger partial charge < -0.3 is 4.74 Å². The molecule has 2 nitrogen and oxygen atoms in total. The largest absolute Gasteiger partial charge is 0.466 e. The summed E-state index contributed by atoms with van der Waals surface area (Å²) < 4.78 is 17.6. The van der Waals surface area contributed by atoms with Crippen molar-refractivity contribution in [2.24, 2.45) is 0 Å². The van der Waals surface area contributed by atoms with Crippen molar-refractivity contribution in [1.82, 2.24) is 0 Å². The van der Waals surface area contributed by atoms with Crippen LogP contribution in [0.5, 0.6) is 0 Å². The maximum absolute atomic E-state index is 12.7. The van der Waals surface area contributed by atoms with Crippen LogP contribution < -0.4 is 0 Å². The van der Waals surface area contributed by atoms with Crippen molar-refractivity contribution in [3.8, 4) is 0 Å². The summed E-state index contributed by atoms with van der Waals surface area (Å²) in [6.07, 6.45) is 1.91. The first-order chi connectivity index (χ1) is 7.67. The molecule has 0 aliphatic heterocycles. The molecule has 0 fully saturated rings. The lowest BCUT2D eigenvalue weighted by atomic mass is 9.96. The number of allylic oxidation sites excluding steroid dienone is 1. The second-order valence-corrected chi connectivity index (χ2v) is 3.40. The standard InChI is InChI=1S/C13H15FO2/c1-3-10(9-13(15)16-4-2)11-5-7-12(14)8-6-11/h3,5-8,10H,1,4,9H2,2H3/t10-/m1/s1. The molecule has 1 rings (SSSR count). The van der Waals surface area contributed by atoms with Gasteiger partial charge in [-0.25, -0.2) is 4.39 Å². The number of halogens is 1. The highest BCUT2D eigenvalue weighted by Crippen LogP contribution is 2.21. The lowest BCUT2D eigenvalue weighted by Crippen LogP contribution is -2.09. The maximum Gasteiger partial charge on any atom is 0.306 e. The van der Waals surface area contributed by atoms with E-state index in [0.29, 0.717) is 6.61 Å². The molecule has 0 aliphatic rings. The van der Waals surface area contributed by atoms with Gasteiger partial charge in [0.2, 0.25) is 0 Å². The number of benzene rings is 1. The summed E-state index contributed by atoms with van der Waals surface area (Å²) in [7, 11) is 0. The van der Waals surface area contributed by atoms with Gasteiger partial charge >= 0.3 is 5.97 Å². The van der Waals surface area contributed by atoms with Crippen LogP contribution in [0.15, 0.2) is 36.9 Å². The monoisotopic (exact) mass is 222 g/mol. The normalized spacial score (nSPS) is 11.9. The smallest absolute Gasteiger partial charge is 0.306 e. The number of esters is 1. The Kier molecular flexibility index (Phi) is 4.70. The third-order valence-electron chi connectivity index (χ3n) is 2.27. The van der Waals surface area contributed by atoms with E-state index in [-0.39, 0.29) is 24.1 Å². The first kappa shape index (κ1) is 12.4. The van der Waals surface area contributed by atoms with E-state index in [1.807, 2.05) is 0 Å². The predicted molar refractivity (Wildman–Crippen MR) is 60.6 cm³/mol. The second-order valence-electron chi connectivity index (χ2n) is 3.40. The molecule has 86 valence electrons. The molecule has 1 aromatic rings. The highest BCUT2D eigenvalue weighted by molar-refractivity contribution is 5.71. The van der Waals surface area contributed by atoms with Crippen molar-refractivity contribution in [3.05, 3.63) is 48.3 Å². The Bertz CT molecular complexity index is 357. The van der Waals surface area contributed by atoms with Crippen LogP contribution in [0.1, 0.15) is 24.8 Å². The fourth-order valence-electron chi connectivity index (χ4n) is 1.45. The zero-order chi connectivity index (χ0) is 12.0. The molecule has 0 aliphatic carbocycles. The SMILES string of the molecule is C=C[C@H](CC(=O)OCC)c1ccc(F)cc1. The number of hydrogen-bond acceptors (Lipinski definition) is 2. The molecule has 0 aromatic heterocycles. The van der Waals surface area contributed by atoms with Gasteiger partial charge in [-0.05, 0) is 24.6 Å². The fourth-order valence-corrected chi connectivity index (χ4v) is 1.45. The summed E-state index contributed by atoms with van der Waals surface area (Å²) in [5, 5.41) is 0. The van der Waals surface area contributed by atoms with Crippen molar-refractivity contribution in [2.45, 2.75) is 19.3 Å². The molecule has 0 amide bonds. The number of carbonyl (C=O) groups is 1. The van der Waals surface area contributed by atoms with Crippen molar-refractivity contribution in [1.29, 1.82) is 0 Å². The third-order valence-corrected chi connectivity index (χ3v) is 2.27. The highest BCUT2D eigenvalue weighted by atomic mass is 19.1. The minimum atomic E-state index is -0.289. The topological polar surface area (TPSA) is 26.3 Å². The molecule has 0 saturated carbocycles. The summed E-state index contributed by atoms with van der Waals surface area (Å²) in [6.45, 7) is 5.80. The molecule has 0 spiro atoms. The maximum atomic E-state index is 12.7. The second kappa shape index (κ2) is 6.05. The summed E-state index contributed by atoms with van der Waals surface area (Å²) in [5.74, 6) is -0.681. The van der Waals surface area contributed by atoms with E-state index in [2.05, 4.69) is 6.58 Å². The summed E-state index contributed by atoms with van der Waals surface area (Å²) in [5.41, 5.74) is 0.865. The quantitative estimate of drug-likeness (QED) is 0.565. The minimum Gasteiger partial charge on any atom is -0.466 e. The molecule has 0 bridgehead atoms. The molecule has 0 radical (unpaired) electrons. The van der Waals surface area contributed by atoms with E-state index >= 15 is 0 Å². The van der Waals surface area contributed by atoms with E-state index < -0.39 is 0 Å². The van der Waals surface area contributed by atoms with Gasteiger partial charge in [0.15, 0.2) is 0 Å². The van der Waals surface area contributed by atoms with Crippen molar-refractivity contribution in [3.63, 3.8) is 0 Å². The fraction of sp³-hybridized carbons (Fsp3) is 0.308. The van der Waals surface area contributed by atoms with Crippen molar-refractivity contribution >= 4 is 5.97 Å². The molecule has 3 heteroatoms. The van der Waals surface area contributed by atoms with Crippen molar-refractivity contribution in [2.75, 3.05) is 6.61 Å². The van der Waals surface area contributed by atoms with Gasteiger partial charge in [-0.15, -0.1) is 6.58 Å². The number of rotatable bonds is 5. The lowest BCUT2D eigenvalue weighted by molar-refractivity contribution is -0.143. The van der Waals surface area contributed by atoms with E-state index in [1.54, 1.807) is 25.1 Å². The van der Waals surface area contributed by atoms with Crippen LogP contribution in [0.4, 0.5) is 4.39 Å². The lowest BCUT2D eigenvalue weighted by Gasteiger charge is -2.11. The van der Waals surface area contributed by atoms with Gasteiger partial charge in [-0.2, -0.15) is 0 Å². The molecule has 16 heavy (non-hydrogen) atoms. The molecular weight excluding hydrogens is 207 g/mol. The van der Waals surface area contributed by atoms with Gasteiger partial charge in [0.05, 0.1) is 13.0 Å². The Labute approximate surface area is 94.7 Å². The van der Waals surface area contributed by atoms with E-state index in [9.17, 15) is 9.18 Å².